The third kappa shape index (κ3) is 4.54. The SMILES string of the molecule is CCOc1ccc(-c2cc(C(=O)Nc3nc(-c4ccc(C)cc4)cs3)c3ccccc3n2)cc1. The fraction of sp³-hybridized carbons (Fsp3) is 0.107. The Morgan fingerprint density at radius 2 is 1.62 bits per heavy atom. The zero-order valence-electron chi connectivity index (χ0n) is 18.9. The molecule has 6 heteroatoms. The zero-order chi connectivity index (χ0) is 23.5. The van der Waals surface area contributed by atoms with Gasteiger partial charge in [0.25, 0.3) is 5.91 Å². The number of benzene rings is 3. The number of amides is 1. The minimum Gasteiger partial charge on any atom is -0.494 e. The average molecular weight is 466 g/mol. The van der Waals surface area contributed by atoms with Crippen molar-refractivity contribution in [2.24, 2.45) is 0 Å². The van der Waals surface area contributed by atoms with Gasteiger partial charge in [-0.3, -0.25) is 10.1 Å². The number of pyridine rings is 1. The Hall–Kier alpha value is -4.03. The van der Waals surface area contributed by atoms with Gasteiger partial charge in [-0.15, -0.1) is 11.3 Å². The lowest BCUT2D eigenvalue weighted by molar-refractivity contribution is 0.102. The molecule has 34 heavy (non-hydrogen) atoms. The van der Waals surface area contributed by atoms with Gasteiger partial charge in [-0.25, -0.2) is 9.97 Å². The number of aromatic nitrogens is 2. The molecule has 0 saturated heterocycles. The predicted molar refractivity (Wildman–Crippen MR) is 139 cm³/mol. The number of carbonyl (C=O) groups excluding carboxylic acids is 1. The second-order valence-corrected chi connectivity index (χ2v) is 8.75. The number of fused-ring (bicyclic) bond motifs is 1. The van der Waals surface area contributed by atoms with E-state index in [-0.39, 0.29) is 5.91 Å². The summed E-state index contributed by atoms with van der Waals surface area (Å²) in [5.41, 5.74) is 6.02. The number of hydrogen-bond donors (Lipinski definition) is 1. The Bertz CT molecular complexity index is 1460. The summed E-state index contributed by atoms with van der Waals surface area (Å²) < 4.78 is 5.54. The van der Waals surface area contributed by atoms with Crippen LogP contribution in [0.25, 0.3) is 33.4 Å². The van der Waals surface area contributed by atoms with Crippen molar-refractivity contribution in [1.29, 1.82) is 0 Å². The Labute approximate surface area is 202 Å². The van der Waals surface area contributed by atoms with Crippen molar-refractivity contribution >= 4 is 33.3 Å². The number of hydrogen-bond acceptors (Lipinski definition) is 5. The molecule has 0 atom stereocenters. The lowest BCUT2D eigenvalue weighted by Crippen LogP contribution is -2.13. The molecule has 3 aromatic carbocycles. The molecule has 5 nitrogen and oxygen atoms in total. The summed E-state index contributed by atoms with van der Waals surface area (Å²) in [6.07, 6.45) is 0. The molecule has 1 amide bonds. The van der Waals surface area contributed by atoms with Crippen LogP contribution in [0.4, 0.5) is 5.13 Å². The third-order valence-corrected chi connectivity index (χ3v) is 6.25. The summed E-state index contributed by atoms with van der Waals surface area (Å²) in [5, 5.41) is 6.29. The van der Waals surface area contributed by atoms with Gasteiger partial charge >= 0.3 is 0 Å². The van der Waals surface area contributed by atoms with Crippen LogP contribution in [0, 0.1) is 6.92 Å². The first kappa shape index (κ1) is 21.8. The van der Waals surface area contributed by atoms with Crippen LogP contribution in [-0.4, -0.2) is 22.5 Å². The van der Waals surface area contributed by atoms with Crippen molar-refractivity contribution in [3.63, 3.8) is 0 Å². The highest BCUT2D eigenvalue weighted by atomic mass is 32.1. The van der Waals surface area contributed by atoms with E-state index in [1.54, 1.807) is 0 Å². The quantitative estimate of drug-likeness (QED) is 0.294. The van der Waals surface area contributed by atoms with Gasteiger partial charge in [-0.2, -0.15) is 0 Å². The molecule has 0 aliphatic carbocycles. The van der Waals surface area contributed by atoms with Gasteiger partial charge < -0.3 is 4.74 Å². The number of para-hydroxylation sites is 1. The Balaban J connectivity index is 1.46. The van der Waals surface area contributed by atoms with Gasteiger partial charge in [-0.1, -0.05) is 48.0 Å². The number of aryl methyl sites for hydroxylation is 1. The Kier molecular flexibility index (Phi) is 6.06. The summed E-state index contributed by atoms with van der Waals surface area (Å²) >= 11 is 1.41. The Morgan fingerprint density at radius 3 is 2.38 bits per heavy atom. The van der Waals surface area contributed by atoms with Crippen LogP contribution in [0.2, 0.25) is 0 Å². The van der Waals surface area contributed by atoms with Gasteiger partial charge in [0.2, 0.25) is 0 Å². The fourth-order valence-corrected chi connectivity index (χ4v) is 4.47. The largest absolute Gasteiger partial charge is 0.494 e. The first-order valence-electron chi connectivity index (χ1n) is 11.1. The molecular weight excluding hydrogens is 442 g/mol. The first-order chi connectivity index (χ1) is 16.6. The molecule has 168 valence electrons. The van der Waals surface area contributed by atoms with E-state index in [4.69, 9.17) is 9.72 Å². The number of thiazole rings is 1. The number of anilines is 1. The molecule has 0 bridgehead atoms. The van der Waals surface area contributed by atoms with E-state index in [0.717, 1.165) is 39.2 Å². The standard InChI is InChI=1S/C28H23N3O2S/c1-3-33-21-14-12-19(13-15-21)25-16-23(22-6-4-5-7-24(22)29-25)27(32)31-28-30-26(17-34-28)20-10-8-18(2)9-11-20/h4-17H,3H2,1-2H3,(H,30,31,32). The maximum atomic E-state index is 13.3. The van der Waals surface area contributed by atoms with E-state index in [0.29, 0.717) is 17.3 Å². The van der Waals surface area contributed by atoms with Gasteiger partial charge in [0.1, 0.15) is 5.75 Å². The minimum absolute atomic E-state index is 0.212. The number of nitrogens with zero attached hydrogens (tertiary/aromatic N) is 2. The third-order valence-electron chi connectivity index (χ3n) is 5.49. The normalized spacial score (nSPS) is 10.9. The van der Waals surface area contributed by atoms with Crippen LogP contribution in [-0.2, 0) is 0 Å². The number of nitrogens with one attached hydrogen (secondary N) is 1. The minimum atomic E-state index is -0.212. The van der Waals surface area contributed by atoms with Crippen molar-refractivity contribution in [2.75, 3.05) is 11.9 Å². The summed E-state index contributed by atoms with van der Waals surface area (Å²) in [6, 6.07) is 25.4. The molecule has 0 unspecified atom stereocenters. The van der Waals surface area contributed by atoms with E-state index in [1.807, 2.05) is 79.0 Å². The highest BCUT2D eigenvalue weighted by Crippen LogP contribution is 2.29. The van der Waals surface area contributed by atoms with Crippen molar-refractivity contribution in [3.8, 4) is 28.3 Å². The molecule has 1 N–H and O–H groups in total. The van der Waals surface area contributed by atoms with Gasteiger partial charge in [0, 0.05) is 21.9 Å². The lowest BCUT2D eigenvalue weighted by atomic mass is 10.0. The maximum absolute atomic E-state index is 13.3. The highest BCUT2D eigenvalue weighted by molar-refractivity contribution is 7.14. The second kappa shape index (κ2) is 9.45. The molecule has 0 aliphatic heterocycles. The molecule has 0 saturated carbocycles. The van der Waals surface area contributed by atoms with E-state index < -0.39 is 0 Å². The van der Waals surface area contributed by atoms with Crippen LogP contribution in [0.1, 0.15) is 22.8 Å². The summed E-state index contributed by atoms with van der Waals surface area (Å²) in [5.74, 6) is 0.591. The topological polar surface area (TPSA) is 64.1 Å². The van der Waals surface area contributed by atoms with E-state index in [9.17, 15) is 4.79 Å². The van der Waals surface area contributed by atoms with Gasteiger partial charge in [0.15, 0.2) is 5.13 Å². The molecule has 5 rings (SSSR count). The van der Waals surface area contributed by atoms with E-state index in [2.05, 4.69) is 29.4 Å². The summed E-state index contributed by atoms with van der Waals surface area (Å²) in [4.78, 5) is 22.8. The Morgan fingerprint density at radius 1 is 0.912 bits per heavy atom. The molecule has 0 radical (unpaired) electrons. The van der Waals surface area contributed by atoms with Crippen molar-refractivity contribution in [3.05, 3.63) is 95.4 Å². The van der Waals surface area contributed by atoms with Crippen LogP contribution in [0.5, 0.6) is 5.75 Å². The summed E-state index contributed by atoms with van der Waals surface area (Å²) in [6.45, 7) is 4.62. The maximum Gasteiger partial charge on any atom is 0.258 e. The van der Waals surface area contributed by atoms with Crippen molar-refractivity contribution in [2.45, 2.75) is 13.8 Å². The molecule has 2 aromatic heterocycles. The monoisotopic (exact) mass is 465 g/mol. The van der Waals surface area contributed by atoms with Crippen molar-refractivity contribution in [1.82, 2.24) is 9.97 Å². The molecule has 0 fully saturated rings. The summed E-state index contributed by atoms with van der Waals surface area (Å²) in [7, 11) is 0. The number of carbonyl (C=O) groups is 1. The first-order valence-corrected chi connectivity index (χ1v) is 12.0. The second-order valence-electron chi connectivity index (χ2n) is 7.89. The predicted octanol–water partition coefficient (Wildman–Crippen LogP) is 6.98. The fourth-order valence-electron chi connectivity index (χ4n) is 3.75. The molecular formula is C28H23N3O2S. The van der Waals surface area contributed by atoms with Gasteiger partial charge in [0.05, 0.1) is 29.1 Å². The molecule has 2 heterocycles. The lowest BCUT2D eigenvalue weighted by Gasteiger charge is -2.10. The van der Waals surface area contributed by atoms with E-state index >= 15 is 0 Å². The van der Waals surface area contributed by atoms with E-state index in [1.165, 1.54) is 16.9 Å². The highest BCUT2D eigenvalue weighted by Gasteiger charge is 2.16. The molecule has 0 spiro atoms. The van der Waals surface area contributed by atoms with Gasteiger partial charge in [-0.05, 0) is 50.2 Å². The smallest absolute Gasteiger partial charge is 0.258 e. The van der Waals surface area contributed by atoms with Crippen molar-refractivity contribution < 1.29 is 9.53 Å². The number of ether oxygens (including phenoxy) is 1. The van der Waals surface area contributed by atoms with Crippen LogP contribution >= 0.6 is 11.3 Å². The van der Waals surface area contributed by atoms with Crippen LogP contribution in [0.3, 0.4) is 0 Å². The van der Waals surface area contributed by atoms with Crippen LogP contribution < -0.4 is 10.1 Å². The molecule has 5 aromatic rings. The number of rotatable bonds is 6. The average Bonchev–Trinajstić information content (AvgIpc) is 3.33. The zero-order valence-corrected chi connectivity index (χ0v) is 19.7. The molecule has 0 aliphatic rings. The van der Waals surface area contributed by atoms with Crippen LogP contribution in [0.15, 0.2) is 84.2 Å².